The van der Waals surface area contributed by atoms with Crippen molar-refractivity contribution < 1.29 is 16.5 Å². The molecule has 22 heavy (non-hydrogen) atoms. The van der Waals surface area contributed by atoms with E-state index >= 15 is 0 Å². The molecule has 1 aliphatic rings. The molecule has 1 heterocycles. The van der Waals surface area contributed by atoms with Crippen LogP contribution in [0.25, 0.3) is 0 Å². The van der Waals surface area contributed by atoms with Crippen LogP contribution < -0.4 is 0 Å². The van der Waals surface area contributed by atoms with Crippen molar-refractivity contribution in [3.8, 4) is 0 Å². The summed E-state index contributed by atoms with van der Waals surface area (Å²) < 4.78 is 24.8. The van der Waals surface area contributed by atoms with Crippen LogP contribution in [0, 0.1) is 0 Å². The van der Waals surface area contributed by atoms with Crippen LogP contribution in [-0.2, 0) is 16.5 Å². The highest BCUT2D eigenvalue weighted by Crippen LogP contribution is 2.30. The highest BCUT2D eigenvalue weighted by atomic mass is 28.5. The molecule has 0 atom stereocenters. The molecule has 0 bridgehead atoms. The van der Waals surface area contributed by atoms with Gasteiger partial charge in [-0.15, -0.1) is 46.1 Å². The van der Waals surface area contributed by atoms with Crippen molar-refractivity contribution in [3.05, 3.63) is 85.9 Å². The maximum Gasteiger partial charge on any atom is 0.374 e. The minimum atomic E-state index is -3.01. The Balaban J connectivity index is 3.46. The van der Waals surface area contributed by atoms with Crippen molar-refractivity contribution in [2.45, 2.75) is 0 Å². The van der Waals surface area contributed by atoms with Gasteiger partial charge in [0.15, 0.2) is 0 Å². The fraction of sp³-hybridized carbons (Fsp3) is 0. The van der Waals surface area contributed by atoms with Crippen LogP contribution in [0.2, 0.25) is 0 Å². The van der Waals surface area contributed by atoms with Crippen molar-refractivity contribution in [1.82, 2.24) is 0 Å². The van der Waals surface area contributed by atoms with Gasteiger partial charge < -0.3 is 16.5 Å². The van der Waals surface area contributed by atoms with Crippen LogP contribution in [0.1, 0.15) is 0 Å². The number of hydrogen-bond donors (Lipinski definition) is 0. The van der Waals surface area contributed by atoms with Crippen LogP contribution >= 0.6 is 0 Å². The van der Waals surface area contributed by atoms with Gasteiger partial charge in [-0.3, -0.25) is 0 Å². The Kier molecular flexibility index (Phi) is 6.40. The Hall–Kier alpha value is -1.11. The van der Waals surface area contributed by atoms with E-state index in [1.54, 1.807) is 39.9 Å². The molecule has 1 rings (SSSR count). The molecular weight excluding hydrogens is 344 g/mol. The molecule has 8 heteroatoms. The third kappa shape index (κ3) is 3.61. The normalized spacial score (nSPS) is 23.1. The lowest BCUT2D eigenvalue weighted by Gasteiger charge is -2.43. The molecule has 0 aliphatic carbocycles. The molecule has 1 aliphatic heterocycles. The molecule has 0 spiro atoms. The lowest BCUT2D eigenvalue weighted by molar-refractivity contribution is 0.273. The number of rotatable bonds is 7. The van der Waals surface area contributed by atoms with Crippen LogP contribution in [-0.4, -0.2) is 35.0 Å². The zero-order valence-corrected chi connectivity index (χ0v) is 16.9. The first-order valence-corrected chi connectivity index (χ1v) is 14.1. The fourth-order valence-corrected chi connectivity index (χ4v) is 16.6. The summed E-state index contributed by atoms with van der Waals surface area (Å²) in [6, 6.07) is 0. The summed E-state index contributed by atoms with van der Waals surface area (Å²) in [6.45, 7) is 26.7. The molecule has 118 valence electrons. The van der Waals surface area contributed by atoms with E-state index in [0.29, 0.717) is 0 Å². The molecule has 0 unspecified atom stereocenters. The summed E-state index contributed by atoms with van der Waals surface area (Å²) in [5, 5.41) is 0. The van der Waals surface area contributed by atoms with E-state index in [1.807, 2.05) is 0 Å². The lowest BCUT2D eigenvalue weighted by atomic mass is 11.2. The van der Waals surface area contributed by atoms with E-state index in [-0.39, 0.29) is 0 Å². The van der Waals surface area contributed by atoms with Gasteiger partial charge in [-0.2, -0.15) is 0 Å². The Morgan fingerprint density at radius 1 is 0.545 bits per heavy atom. The first-order chi connectivity index (χ1) is 10.4. The van der Waals surface area contributed by atoms with E-state index in [1.165, 1.54) is 0 Å². The second kappa shape index (κ2) is 7.44. The summed E-state index contributed by atoms with van der Waals surface area (Å²) in [5.74, 6) is 0. The lowest BCUT2D eigenvalue weighted by Crippen LogP contribution is -2.63. The zero-order chi connectivity index (χ0) is 16.9. The summed E-state index contributed by atoms with van der Waals surface area (Å²) in [6.07, 6.45) is 0. The highest BCUT2D eigenvalue weighted by molar-refractivity contribution is 7.00. The second-order valence-electron chi connectivity index (χ2n) is 4.43. The van der Waals surface area contributed by atoms with Gasteiger partial charge in [0.25, 0.3) is 0 Å². The van der Waals surface area contributed by atoms with E-state index in [4.69, 9.17) is 16.5 Å². The molecule has 0 aromatic rings. The predicted molar refractivity (Wildman–Crippen MR) is 100 cm³/mol. The molecule has 0 aromatic carbocycles. The summed E-state index contributed by atoms with van der Waals surface area (Å²) in [7, 11) is -11.1. The Bertz CT molecular complexity index is 459. The van der Waals surface area contributed by atoms with Crippen molar-refractivity contribution >= 4 is 35.0 Å². The van der Waals surface area contributed by atoms with Gasteiger partial charge in [-0.25, -0.2) is 0 Å². The van der Waals surface area contributed by atoms with E-state index in [0.717, 1.165) is 0 Å². The standard InChI is InChI=1S/C14H22O4Si4/c1-8-19-15-20(9-2,10-3)17-22(13-6,14-7)18-21(11-4,12-5)16-19/h8-14,19H,1-7H2. The van der Waals surface area contributed by atoms with Gasteiger partial charge in [0.1, 0.15) is 0 Å². The number of hydrogen-bond acceptors (Lipinski definition) is 4. The summed E-state index contributed by atoms with van der Waals surface area (Å²) in [5.41, 5.74) is 11.5. The van der Waals surface area contributed by atoms with Crippen LogP contribution in [0.15, 0.2) is 85.9 Å². The van der Waals surface area contributed by atoms with Gasteiger partial charge in [0, 0.05) is 0 Å². The highest BCUT2D eigenvalue weighted by Gasteiger charge is 2.52. The SMILES string of the molecule is C=C[SiH]1O[Si](C=C)(C=C)O[Si](C=C)(C=C)O[Si](C=C)(C=C)O1. The van der Waals surface area contributed by atoms with Crippen LogP contribution in [0.4, 0.5) is 0 Å². The quantitative estimate of drug-likeness (QED) is 0.649. The topological polar surface area (TPSA) is 36.9 Å². The molecule has 0 saturated carbocycles. The Morgan fingerprint density at radius 3 is 1.09 bits per heavy atom. The Morgan fingerprint density at radius 2 is 0.864 bits per heavy atom. The average molecular weight is 367 g/mol. The molecule has 1 fully saturated rings. The van der Waals surface area contributed by atoms with Gasteiger partial charge in [-0.05, 0) is 34.2 Å². The van der Waals surface area contributed by atoms with Crippen molar-refractivity contribution in [3.63, 3.8) is 0 Å². The third-order valence-electron chi connectivity index (χ3n) is 3.14. The van der Waals surface area contributed by atoms with Gasteiger partial charge in [0.2, 0.25) is 0 Å². The van der Waals surface area contributed by atoms with E-state index in [9.17, 15) is 0 Å². The molecule has 0 N–H and O–H groups in total. The summed E-state index contributed by atoms with van der Waals surface area (Å²) >= 11 is 0. The molecule has 0 radical (unpaired) electrons. The minimum Gasteiger partial charge on any atom is -0.409 e. The van der Waals surface area contributed by atoms with Gasteiger partial charge >= 0.3 is 35.0 Å². The Labute approximate surface area is 137 Å². The van der Waals surface area contributed by atoms with Crippen molar-refractivity contribution in [2.24, 2.45) is 0 Å². The van der Waals surface area contributed by atoms with Crippen LogP contribution in [0.3, 0.4) is 0 Å². The minimum absolute atomic E-state index is 1.63. The second-order valence-corrected chi connectivity index (χ2v) is 15.9. The van der Waals surface area contributed by atoms with Crippen molar-refractivity contribution in [2.75, 3.05) is 0 Å². The average Bonchev–Trinajstić information content (AvgIpc) is 2.56. The largest absolute Gasteiger partial charge is 0.409 e. The first kappa shape index (κ1) is 18.9. The van der Waals surface area contributed by atoms with E-state index < -0.39 is 35.0 Å². The first-order valence-electron chi connectivity index (χ1n) is 6.62. The van der Waals surface area contributed by atoms with Crippen molar-refractivity contribution in [1.29, 1.82) is 0 Å². The predicted octanol–water partition coefficient (Wildman–Crippen LogP) is 2.69. The zero-order valence-electron chi connectivity index (χ0n) is 12.7. The third-order valence-corrected chi connectivity index (χ3v) is 16.8. The molecular formula is C14H22O4Si4. The molecule has 1 saturated heterocycles. The van der Waals surface area contributed by atoms with Gasteiger partial charge in [-0.1, -0.05) is 5.70 Å². The molecule has 0 amide bonds. The maximum atomic E-state index is 6.26. The maximum absolute atomic E-state index is 6.26. The van der Waals surface area contributed by atoms with Gasteiger partial charge in [0.05, 0.1) is 0 Å². The van der Waals surface area contributed by atoms with Crippen LogP contribution in [0.5, 0.6) is 0 Å². The summed E-state index contributed by atoms with van der Waals surface area (Å²) in [4.78, 5) is 0. The molecule has 4 nitrogen and oxygen atoms in total. The van der Waals surface area contributed by atoms with E-state index in [2.05, 4.69) is 46.1 Å². The monoisotopic (exact) mass is 366 g/mol. The smallest absolute Gasteiger partial charge is 0.374 e. The molecule has 0 aromatic heterocycles. The fourth-order valence-electron chi connectivity index (χ4n) is 1.83.